The summed E-state index contributed by atoms with van der Waals surface area (Å²) in [4.78, 5) is 12.9. The largest absolute Gasteiger partial charge is 0.515 e. The van der Waals surface area contributed by atoms with Crippen LogP contribution >= 0.6 is 0 Å². The second kappa shape index (κ2) is 8.50. The molecule has 0 unspecified atom stereocenters. The van der Waals surface area contributed by atoms with Crippen LogP contribution in [0.2, 0.25) is 29.7 Å². The van der Waals surface area contributed by atoms with Crippen molar-refractivity contribution in [1.82, 2.24) is 0 Å². The van der Waals surface area contributed by atoms with Gasteiger partial charge in [0.05, 0.1) is 0 Å². The van der Waals surface area contributed by atoms with E-state index in [1.165, 1.54) is 5.19 Å². The van der Waals surface area contributed by atoms with E-state index >= 15 is 0 Å². The third kappa shape index (κ3) is 4.94. The molecular formula is C21H36O2Si2. The zero-order valence-electron chi connectivity index (χ0n) is 17.5. The second-order valence-electron chi connectivity index (χ2n) is 8.62. The van der Waals surface area contributed by atoms with Gasteiger partial charge in [-0.25, -0.2) is 4.79 Å². The molecule has 1 rings (SSSR count). The van der Waals surface area contributed by atoms with Crippen LogP contribution in [0.25, 0.3) is 0 Å². The normalized spacial score (nSPS) is 13.7. The predicted octanol–water partition coefficient (Wildman–Crippen LogP) is 5.81. The molecule has 0 aromatic heterocycles. The molecule has 0 heterocycles. The highest BCUT2D eigenvalue weighted by Gasteiger charge is 2.48. The first-order valence-electron chi connectivity index (χ1n) is 9.43. The van der Waals surface area contributed by atoms with Crippen molar-refractivity contribution < 1.29 is 9.22 Å². The summed E-state index contributed by atoms with van der Waals surface area (Å²) in [6.45, 7) is 19.7. The lowest BCUT2D eigenvalue weighted by molar-refractivity contribution is -0.131. The quantitative estimate of drug-likeness (QED) is 0.443. The molecule has 4 heteroatoms. The van der Waals surface area contributed by atoms with Gasteiger partial charge in [-0.15, -0.1) is 0 Å². The maximum atomic E-state index is 12.9. The first-order valence-corrected chi connectivity index (χ1v) is 14.6. The second-order valence-corrected chi connectivity index (χ2v) is 18.3. The molecular weight excluding hydrogens is 340 g/mol. The minimum Gasteiger partial charge on any atom is -0.515 e. The molecule has 0 radical (unpaired) electrons. The van der Waals surface area contributed by atoms with Crippen molar-refractivity contribution in [1.29, 1.82) is 0 Å². The molecule has 0 fully saturated rings. The summed E-state index contributed by atoms with van der Waals surface area (Å²) in [5.74, 6) is -0.112. The monoisotopic (exact) mass is 376 g/mol. The highest BCUT2D eigenvalue weighted by Crippen LogP contribution is 2.42. The Morgan fingerprint density at radius 1 is 0.920 bits per heavy atom. The zero-order chi connectivity index (χ0) is 19.4. The van der Waals surface area contributed by atoms with Gasteiger partial charge in [0.25, 0.3) is 8.32 Å². The molecule has 0 atom stereocenters. The van der Waals surface area contributed by atoms with E-state index in [-0.39, 0.29) is 5.97 Å². The molecule has 0 saturated carbocycles. The fraction of sp³-hybridized carbons (Fsp3) is 0.571. The van der Waals surface area contributed by atoms with Crippen LogP contribution < -0.4 is 5.19 Å². The summed E-state index contributed by atoms with van der Waals surface area (Å²) in [6.07, 6.45) is 0. The van der Waals surface area contributed by atoms with Crippen molar-refractivity contribution in [2.75, 3.05) is 0 Å². The van der Waals surface area contributed by atoms with E-state index in [9.17, 15) is 4.79 Å². The van der Waals surface area contributed by atoms with Crippen LogP contribution in [-0.2, 0) is 9.22 Å². The molecule has 25 heavy (non-hydrogen) atoms. The van der Waals surface area contributed by atoms with Gasteiger partial charge >= 0.3 is 5.97 Å². The van der Waals surface area contributed by atoms with Crippen molar-refractivity contribution >= 4 is 27.5 Å². The maximum Gasteiger partial charge on any atom is 0.319 e. The number of carbonyl (C=O) groups is 1. The van der Waals surface area contributed by atoms with Gasteiger partial charge < -0.3 is 4.43 Å². The Hall–Kier alpha value is -1.14. The van der Waals surface area contributed by atoms with Crippen molar-refractivity contribution in [3.05, 3.63) is 41.6 Å². The third-order valence-corrected chi connectivity index (χ3v) is 14.3. The lowest BCUT2D eigenvalue weighted by Gasteiger charge is -2.41. The van der Waals surface area contributed by atoms with E-state index in [0.717, 1.165) is 5.57 Å². The molecule has 2 nitrogen and oxygen atoms in total. The molecule has 0 aliphatic carbocycles. The molecule has 0 amide bonds. The van der Waals surface area contributed by atoms with E-state index in [2.05, 4.69) is 84.6 Å². The lowest BCUT2D eigenvalue weighted by atomic mass is 10.4. The van der Waals surface area contributed by atoms with Crippen LogP contribution in [0, 0.1) is 0 Å². The Kier molecular flexibility index (Phi) is 7.45. The Bertz CT molecular complexity index is 580. The Morgan fingerprint density at radius 2 is 1.36 bits per heavy atom. The molecule has 140 valence electrons. The summed E-state index contributed by atoms with van der Waals surface area (Å²) >= 11 is 0. The third-order valence-electron chi connectivity index (χ3n) is 5.39. The van der Waals surface area contributed by atoms with Gasteiger partial charge in [-0.3, -0.25) is 0 Å². The predicted molar refractivity (Wildman–Crippen MR) is 114 cm³/mol. The average Bonchev–Trinajstić information content (AvgIpc) is 2.51. The van der Waals surface area contributed by atoms with Gasteiger partial charge in [-0.05, 0) is 23.5 Å². The first kappa shape index (κ1) is 21.9. The van der Waals surface area contributed by atoms with Gasteiger partial charge in [0.1, 0.15) is 8.07 Å². The fourth-order valence-corrected chi connectivity index (χ4v) is 11.8. The molecule has 1 aromatic rings. The number of hydrogen-bond donors (Lipinski definition) is 0. The highest BCUT2D eigenvalue weighted by atomic mass is 28.4. The summed E-state index contributed by atoms with van der Waals surface area (Å²) in [7, 11) is -3.99. The van der Waals surface area contributed by atoms with Gasteiger partial charge in [0, 0.05) is 5.57 Å². The maximum absolute atomic E-state index is 12.9. The Morgan fingerprint density at radius 3 is 1.76 bits per heavy atom. The standard InChI is InChI=1S/C21H36O2Si2/c1-16(2)25(17(3)4,18(5)6)23-21(22)19(7)15-24(8,9)20-13-11-10-12-14-20/h10-18H,1-9H3. The van der Waals surface area contributed by atoms with Gasteiger partial charge in [0.15, 0.2) is 0 Å². The molecule has 0 spiro atoms. The van der Waals surface area contributed by atoms with E-state index < -0.39 is 16.4 Å². The van der Waals surface area contributed by atoms with E-state index in [4.69, 9.17) is 4.43 Å². The van der Waals surface area contributed by atoms with Crippen LogP contribution in [0.4, 0.5) is 0 Å². The van der Waals surface area contributed by atoms with Crippen LogP contribution in [0.15, 0.2) is 41.6 Å². The summed E-state index contributed by atoms with van der Waals surface area (Å²) in [6, 6.07) is 10.5. The number of hydrogen-bond acceptors (Lipinski definition) is 2. The van der Waals surface area contributed by atoms with E-state index in [0.29, 0.717) is 16.6 Å². The van der Waals surface area contributed by atoms with E-state index in [1.807, 2.05) is 13.0 Å². The Labute approximate surface area is 156 Å². The topological polar surface area (TPSA) is 26.3 Å². The minimum atomic E-state index is -2.18. The molecule has 1 aromatic carbocycles. The van der Waals surface area contributed by atoms with Crippen molar-refractivity contribution in [2.45, 2.75) is 78.2 Å². The fourth-order valence-electron chi connectivity index (χ4n) is 4.15. The molecule has 0 aliphatic rings. The zero-order valence-corrected chi connectivity index (χ0v) is 19.5. The van der Waals surface area contributed by atoms with Crippen molar-refractivity contribution in [2.24, 2.45) is 0 Å². The number of rotatable bonds is 7. The molecule has 0 bridgehead atoms. The van der Waals surface area contributed by atoms with Gasteiger partial charge in [-0.1, -0.05) is 95.9 Å². The minimum absolute atomic E-state index is 0.112. The lowest BCUT2D eigenvalue weighted by Crippen LogP contribution is -2.49. The molecule has 0 N–H and O–H groups in total. The summed E-state index contributed by atoms with van der Waals surface area (Å²) in [5, 5.41) is 1.34. The number of carbonyl (C=O) groups excluding carboxylic acids is 1. The molecule has 0 aliphatic heterocycles. The van der Waals surface area contributed by atoms with Crippen molar-refractivity contribution in [3.63, 3.8) is 0 Å². The van der Waals surface area contributed by atoms with Gasteiger partial charge in [-0.2, -0.15) is 0 Å². The van der Waals surface area contributed by atoms with Crippen LogP contribution in [0.5, 0.6) is 0 Å². The highest BCUT2D eigenvalue weighted by molar-refractivity contribution is 6.94. The average molecular weight is 377 g/mol. The number of benzene rings is 1. The van der Waals surface area contributed by atoms with Crippen LogP contribution in [-0.4, -0.2) is 22.4 Å². The SMILES string of the molecule is CC(=C[Si](C)(C)c1ccccc1)C(=O)O[Si](C(C)C)(C(C)C)C(C)C. The summed E-state index contributed by atoms with van der Waals surface area (Å²) < 4.78 is 6.32. The molecule has 0 saturated heterocycles. The van der Waals surface area contributed by atoms with Gasteiger partial charge in [0.2, 0.25) is 0 Å². The van der Waals surface area contributed by atoms with Crippen LogP contribution in [0.3, 0.4) is 0 Å². The van der Waals surface area contributed by atoms with Crippen molar-refractivity contribution in [3.8, 4) is 0 Å². The smallest absolute Gasteiger partial charge is 0.319 e. The Balaban J connectivity index is 3.13. The first-order chi connectivity index (χ1) is 11.4. The van der Waals surface area contributed by atoms with E-state index in [1.54, 1.807) is 0 Å². The summed E-state index contributed by atoms with van der Waals surface area (Å²) in [5.41, 5.74) is 4.17. The van der Waals surface area contributed by atoms with Crippen LogP contribution in [0.1, 0.15) is 48.5 Å².